The standard InChI is InChI=1S/C16H16ClNO/c1-11-14(10-17)6-8-16(18-11)19-15-7-5-12-3-2-4-13(12)9-15/h5-9H,2-4,10H2,1H3. The molecule has 1 heterocycles. The number of pyridine rings is 1. The zero-order valence-electron chi connectivity index (χ0n) is 10.9. The lowest BCUT2D eigenvalue weighted by Crippen LogP contribution is -1.94. The maximum Gasteiger partial charge on any atom is 0.219 e. The number of ether oxygens (including phenoxy) is 1. The van der Waals surface area contributed by atoms with Crippen LogP contribution in [0.4, 0.5) is 0 Å². The van der Waals surface area contributed by atoms with Gasteiger partial charge in [0, 0.05) is 17.6 Å². The molecule has 0 amide bonds. The molecule has 2 nitrogen and oxygen atoms in total. The van der Waals surface area contributed by atoms with Crippen molar-refractivity contribution in [3.8, 4) is 11.6 Å². The van der Waals surface area contributed by atoms with Crippen LogP contribution >= 0.6 is 11.6 Å². The average Bonchev–Trinajstić information content (AvgIpc) is 2.86. The van der Waals surface area contributed by atoms with Crippen LogP contribution in [0.3, 0.4) is 0 Å². The highest BCUT2D eigenvalue weighted by molar-refractivity contribution is 6.17. The zero-order valence-corrected chi connectivity index (χ0v) is 11.7. The lowest BCUT2D eigenvalue weighted by atomic mass is 10.1. The molecule has 0 N–H and O–H groups in total. The van der Waals surface area contributed by atoms with Crippen LogP contribution in [-0.4, -0.2) is 4.98 Å². The van der Waals surface area contributed by atoms with E-state index in [0.29, 0.717) is 11.8 Å². The molecule has 3 rings (SSSR count). The molecule has 0 saturated carbocycles. The molecular weight excluding hydrogens is 258 g/mol. The number of alkyl halides is 1. The maximum absolute atomic E-state index is 5.83. The van der Waals surface area contributed by atoms with E-state index in [1.165, 1.54) is 24.0 Å². The summed E-state index contributed by atoms with van der Waals surface area (Å²) < 4.78 is 5.83. The lowest BCUT2D eigenvalue weighted by molar-refractivity contribution is 0.461. The second-order valence-corrected chi connectivity index (χ2v) is 5.18. The van der Waals surface area contributed by atoms with Crippen molar-refractivity contribution in [2.24, 2.45) is 0 Å². The Morgan fingerprint density at radius 2 is 2.00 bits per heavy atom. The normalized spacial score (nSPS) is 13.4. The summed E-state index contributed by atoms with van der Waals surface area (Å²) in [6.45, 7) is 1.95. The number of nitrogens with zero attached hydrogens (tertiary/aromatic N) is 1. The molecular formula is C16H16ClNO. The number of fused-ring (bicyclic) bond motifs is 1. The van der Waals surface area contributed by atoms with Gasteiger partial charge in [-0.15, -0.1) is 11.6 Å². The molecule has 0 aliphatic heterocycles. The summed E-state index contributed by atoms with van der Waals surface area (Å²) in [4.78, 5) is 4.43. The number of aromatic nitrogens is 1. The van der Waals surface area contributed by atoms with Gasteiger partial charge in [0.05, 0.1) is 0 Å². The Kier molecular flexibility index (Phi) is 3.43. The van der Waals surface area contributed by atoms with Gasteiger partial charge in [-0.3, -0.25) is 0 Å². The Hall–Kier alpha value is -1.54. The summed E-state index contributed by atoms with van der Waals surface area (Å²) in [7, 11) is 0. The van der Waals surface area contributed by atoms with Gasteiger partial charge < -0.3 is 4.74 Å². The Morgan fingerprint density at radius 3 is 2.79 bits per heavy atom. The summed E-state index contributed by atoms with van der Waals surface area (Å²) in [5.41, 5.74) is 4.83. The molecule has 0 unspecified atom stereocenters. The van der Waals surface area contributed by atoms with Gasteiger partial charge >= 0.3 is 0 Å². The Morgan fingerprint density at radius 1 is 1.16 bits per heavy atom. The largest absolute Gasteiger partial charge is 0.439 e. The molecule has 0 fully saturated rings. The highest BCUT2D eigenvalue weighted by atomic mass is 35.5. The SMILES string of the molecule is Cc1nc(Oc2ccc3c(c2)CCC3)ccc1CCl. The van der Waals surface area contributed by atoms with E-state index in [2.05, 4.69) is 17.1 Å². The molecule has 0 spiro atoms. The van der Waals surface area contributed by atoms with Crippen molar-refractivity contribution in [2.45, 2.75) is 32.1 Å². The van der Waals surface area contributed by atoms with Crippen LogP contribution in [0.2, 0.25) is 0 Å². The minimum Gasteiger partial charge on any atom is -0.439 e. The number of rotatable bonds is 3. The van der Waals surface area contributed by atoms with Crippen LogP contribution < -0.4 is 4.74 Å². The fourth-order valence-electron chi connectivity index (χ4n) is 2.50. The van der Waals surface area contributed by atoms with E-state index < -0.39 is 0 Å². The molecule has 0 bridgehead atoms. The van der Waals surface area contributed by atoms with Gasteiger partial charge in [0.1, 0.15) is 5.75 Å². The lowest BCUT2D eigenvalue weighted by Gasteiger charge is -2.09. The Balaban J connectivity index is 1.83. The zero-order chi connectivity index (χ0) is 13.2. The molecule has 98 valence electrons. The van der Waals surface area contributed by atoms with E-state index in [1.807, 2.05) is 25.1 Å². The number of hydrogen-bond acceptors (Lipinski definition) is 2. The second kappa shape index (κ2) is 5.22. The summed E-state index contributed by atoms with van der Waals surface area (Å²) in [6.07, 6.45) is 3.60. The van der Waals surface area contributed by atoms with Crippen LogP contribution in [-0.2, 0) is 18.7 Å². The number of hydrogen-bond donors (Lipinski definition) is 0. The van der Waals surface area contributed by atoms with E-state index in [1.54, 1.807) is 0 Å². The van der Waals surface area contributed by atoms with E-state index in [4.69, 9.17) is 16.3 Å². The summed E-state index contributed by atoms with van der Waals surface area (Å²) in [6, 6.07) is 10.2. The molecule has 1 aliphatic carbocycles. The van der Waals surface area contributed by atoms with Crippen molar-refractivity contribution in [3.05, 3.63) is 52.7 Å². The summed E-state index contributed by atoms with van der Waals surface area (Å²) >= 11 is 5.83. The highest BCUT2D eigenvalue weighted by Crippen LogP contribution is 2.28. The number of benzene rings is 1. The monoisotopic (exact) mass is 273 g/mol. The van der Waals surface area contributed by atoms with Crippen LogP contribution in [0.1, 0.15) is 28.8 Å². The number of halogens is 1. The highest BCUT2D eigenvalue weighted by Gasteiger charge is 2.12. The van der Waals surface area contributed by atoms with Gasteiger partial charge in [-0.05, 0) is 55.0 Å². The van der Waals surface area contributed by atoms with E-state index in [-0.39, 0.29) is 0 Å². The molecule has 2 aromatic rings. The molecule has 19 heavy (non-hydrogen) atoms. The second-order valence-electron chi connectivity index (χ2n) is 4.91. The third kappa shape index (κ3) is 2.59. The van der Waals surface area contributed by atoms with Crippen molar-refractivity contribution in [1.29, 1.82) is 0 Å². The summed E-state index contributed by atoms with van der Waals surface area (Å²) in [5.74, 6) is 1.98. The van der Waals surface area contributed by atoms with Crippen molar-refractivity contribution in [3.63, 3.8) is 0 Å². The van der Waals surface area contributed by atoms with Gasteiger partial charge in [-0.1, -0.05) is 12.1 Å². The van der Waals surface area contributed by atoms with Crippen LogP contribution in [0, 0.1) is 6.92 Å². The quantitative estimate of drug-likeness (QED) is 0.773. The predicted molar refractivity (Wildman–Crippen MR) is 77.1 cm³/mol. The first-order chi connectivity index (χ1) is 9.26. The molecule has 0 atom stereocenters. The van der Waals surface area contributed by atoms with E-state index in [0.717, 1.165) is 23.4 Å². The smallest absolute Gasteiger partial charge is 0.219 e. The molecule has 1 aromatic carbocycles. The fourth-order valence-corrected chi connectivity index (χ4v) is 2.78. The van der Waals surface area contributed by atoms with Gasteiger partial charge in [-0.25, -0.2) is 4.98 Å². The first kappa shape index (κ1) is 12.5. The van der Waals surface area contributed by atoms with E-state index >= 15 is 0 Å². The topological polar surface area (TPSA) is 22.1 Å². The van der Waals surface area contributed by atoms with Crippen molar-refractivity contribution in [2.75, 3.05) is 0 Å². The molecule has 3 heteroatoms. The molecule has 1 aliphatic rings. The van der Waals surface area contributed by atoms with Crippen molar-refractivity contribution >= 4 is 11.6 Å². The van der Waals surface area contributed by atoms with Crippen molar-refractivity contribution in [1.82, 2.24) is 4.98 Å². The third-order valence-electron chi connectivity index (χ3n) is 3.61. The first-order valence-corrected chi connectivity index (χ1v) is 7.12. The van der Waals surface area contributed by atoms with Crippen LogP contribution in [0.15, 0.2) is 30.3 Å². The third-order valence-corrected chi connectivity index (χ3v) is 3.89. The first-order valence-electron chi connectivity index (χ1n) is 6.58. The summed E-state index contributed by atoms with van der Waals surface area (Å²) in [5, 5.41) is 0. The van der Waals surface area contributed by atoms with Gasteiger partial charge in [0.25, 0.3) is 0 Å². The maximum atomic E-state index is 5.83. The van der Waals surface area contributed by atoms with Crippen molar-refractivity contribution < 1.29 is 4.74 Å². The molecule has 0 saturated heterocycles. The minimum atomic E-state index is 0.484. The Bertz CT molecular complexity index is 610. The minimum absolute atomic E-state index is 0.484. The van der Waals surface area contributed by atoms with Gasteiger partial charge in [0.15, 0.2) is 0 Å². The molecule has 1 aromatic heterocycles. The van der Waals surface area contributed by atoms with Crippen LogP contribution in [0.5, 0.6) is 11.6 Å². The number of aryl methyl sites for hydroxylation is 3. The fraction of sp³-hybridized carbons (Fsp3) is 0.312. The van der Waals surface area contributed by atoms with Gasteiger partial charge in [0.2, 0.25) is 5.88 Å². The van der Waals surface area contributed by atoms with E-state index in [9.17, 15) is 0 Å². The average molecular weight is 274 g/mol. The Labute approximate surface area is 118 Å². The molecule has 0 radical (unpaired) electrons. The van der Waals surface area contributed by atoms with Gasteiger partial charge in [-0.2, -0.15) is 0 Å². The van der Waals surface area contributed by atoms with Crippen LogP contribution in [0.25, 0.3) is 0 Å². The predicted octanol–water partition coefficient (Wildman–Crippen LogP) is 4.41.